The molecule has 0 aliphatic rings. The first kappa shape index (κ1) is 12.3. The van der Waals surface area contributed by atoms with Crippen LogP contribution in [0, 0.1) is 0 Å². The molecule has 0 fully saturated rings. The second-order valence-corrected chi connectivity index (χ2v) is 4.67. The van der Waals surface area contributed by atoms with Crippen LogP contribution in [0.5, 0.6) is 0 Å². The first-order valence-corrected chi connectivity index (χ1v) is 6.34. The molecule has 0 spiro atoms. The van der Waals surface area contributed by atoms with Gasteiger partial charge in [0.25, 0.3) is 0 Å². The van der Waals surface area contributed by atoms with Gasteiger partial charge in [-0.3, -0.25) is 0 Å². The zero-order valence-electron chi connectivity index (χ0n) is 11.4. The van der Waals surface area contributed by atoms with Gasteiger partial charge < -0.3 is 10.2 Å². The molecule has 5 nitrogen and oxygen atoms in total. The van der Waals surface area contributed by atoms with Gasteiger partial charge in [0.2, 0.25) is 0 Å². The quantitative estimate of drug-likeness (QED) is 0.789. The fourth-order valence-corrected chi connectivity index (χ4v) is 1.99. The average Bonchev–Trinajstić information content (AvgIpc) is 2.48. The van der Waals surface area contributed by atoms with Crippen LogP contribution in [0.4, 0.5) is 17.2 Å². The number of rotatable bonds is 3. The molecule has 0 bridgehead atoms. The van der Waals surface area contributed by atoms with Gasteiger partial charge >= 0.3 is 0 Å². The molecule has 1 N–H and O–H groups in total. The van der Waals surface area contributed by atoms with Gasteiger partial charge in [0.15, 0.2) is 5.65 Å². The lowest BCUT2D eigenvalue weighted by Crippen LogP contribution is -2.08. The van der Waals surface area contributed by atoms with Crippen LogP contribution in [-0.2, 0) is 0 Å². The minimum absolute atomic E-state index is 0.689. The molecule has 0 aliphatic carbocycles. The summed E-state index contributed by atoms with van der Waals surface area (Å²) < 4.78 is 0. The lowest BCUT2D eigenvalue weighted by Gasteiger charge is -2.14. The molecular formula is C15H15N5. The molecule has 0 radical (unpaired) electrons. The molecule has 0 amide bonds. The maximum Gasteiger partial charge on any atom is 0.164 e. The number of nitrogens with zero attached hydrogens (tertiary/aromatic N) is 4. The van der Waals surface area contributed by atoms with E-state index in [4.69, 9.17) is 0 Å². The summed E-state index contributed by atoms with van der Waals surface area (Å²) >= 11 is 0. The fraction of sp³-hybridized carbons (Fsp3) is 0.133. The van der Waals surface area contributed by atoms with Gasteiger partial charge in [0.05, 0.1) is 5.39 Å². The molecule has 3 aromatic rings. The zero-order valence-corrected chi connectivity index (χ0v) is 11.4. The van der Waals surface area contributed by atoms with E-state index in [1.807, 2.05) is 38.4 Å². The molecule has 1 aromatic carbocycles. The first-order chi connectivity index (χ1) is 9.74. The number of hydrogen-bond donors (Lipinski definition) is 1. The van der Waals surface area contributed by atoms with E-state index in [2.05, 4.69) is 37.3 Å². The molecule has 2 heterocycles. The molecule has 0 saturated carbocycles. The van der Waals surface area contributed by atoms with Crippen molar-refractivity contribution in [3.8, 4) is 0 Å². The van der Waals surface area contributed by atoms with Crippen LogP contribution in [0.1, 0.15) is 0 Å². The van der Waals surface area contributed by atoms with Gasteiger partial charge in [-0.15, -0.1) is 0 Å². The minimum atomic E-state index is 0.689. The van der Waals surface area contributed by atoms with Gasteiger partial charge in [0.1, 0.15) is 12.1 Å². The number of anilines is 3. The van der Waals surface area contributed by atoms with E-state index in [0.717, 1.165) is 22.6 Å². The molecule has 3 rings (SSSR count). The number of fused-ring (bicyclic) bond motifs is 1. The van der Waals surface area contributed by atoms with Crippen molar-refractivity contribution in [2.24, 2.45) is 0 Å². The van der Waals surface area contributed by atoms with Crippen molar-refractivity contribution in [2.75, 3.05) is 24.3 Å². The van der Waals surface area contributed by atoms with Gasteiger partial charge in [-0.2, -0.15) is 0 Å². The smallest absolute Gasteiger partial charge is 0.164 e. The number of pyridine rings is 1. The van der Waals surface area contributed by atoms with Crippen LogP contribution < -0.4 is 10.2 Å². The highest BCUT2D eigenvalue weighted by Gasteiger charge is 2.05. The molecular weight excluding hydrogens is 250 g/mol. The second-order valence-electron chi connectivity index (χ2n) is 4.67. The third-order valence-corrected chi connectivity index (χ3v) is 3.03. The maximum atomic E-state index is 4.30. The Kier molecular flexibility index (Phi) is 3.16. The Morgan fingerprint density at radius 2 is 1.90 bits per heavy atom. The summed E-state index contributed by atoms with van der Waals surface area (Å²) in [7, 11) is 4.03. The Bertz CT molecular complexity index is 734. The summed E-state index contributed by atoms with van der Waals surface area (Å²) in [5.41, 5.74) is 2.81. The molecule has 0 unspecified atom stereocenters. The summed E-state index contributed by atoms with van der Waals surface area (Å²) in [5.74, 6) is 0.763. The van der Waals surface area contributed by atoms with Crippen LogP contribution in [0.15, 0.2) is 48.9 Å². The lowest BCUT2D eigenvalue weighted by molar-refractivity contribution is 1.13. The van der Waals surface area contributed by atoms with Crippen molar-refractivity contribution in [1.29, 1.82) is 0 Å². The highest BCUT2D eigenvalue weighted by atomic mass is 15.1. The third-order valence-electron chi connectivity index (χ3n) is 3.03. The van der Waals surface area contributed by atoms with E-state index >= 15 is 0 Å². The van der Waals surface area contributed by atoms with Gasteiger partial charge in [-0.1, -0.05) is 6.07 Å². The highest BCUT2D eigenvalue weighted by Crippen LogP contribution is 2.24. The highest BCUT2D eigenvalue weighted by molar-refractivity contribution is 5.88. The second kappa shape index (κ2) is 5.13. The van der Waals surface area contributed by atoms with Crippen LogP contribution >= 0.6 is 0 Å². The number of aromatic nitrogens is 3. The molecule has 0 atom stereocenters. The largest absolute Gasteiger partial charge is 0.378 e. The summed E-state index contributed by atoms with van der Waals surface area (Å²) in [6.45, 7) is 0. The predicted octanol–water partition coefficient (Wildman–Crippen LogP) is 2.83. The SMILES string of the molecule is CN(C)c1cccc(Nc2ncnc3ncccc23)c1. The summed E-state index contributed by atoms with van der Waals surface area (Å²) in [6.07, 6.45) is 3.25. The van der Waals surface area contributed by atoms with Crippen molar-refractivity contribution >= 4 is 28.2 Å². The Labute approximate surface area is 117 Å². The van der Waals surface area contributed by atoms with E-state index in [0.29, 0.717) is 5.65 Å². The number of benzene rings is 1. The standard InChI is InChI=1S/C15H15N5/c1-20(2)12-6-3-5-11(9-12)19-15-13-7-4-8-16-14(13)17-10-18-15/h3-10H,1-2H3,(H,16,17,18,19). The number of hydrogen-bond acceptors (Lipinski definition) is 5. The van der Waals surface area contributed by atoms with Crippen LogP contribution in [0.2, 0.25) is 0 Å². The van der Waals surface area contributed by atoms with Gasteiger partial charge in [0, 0.05) is 31.7 Å². The molecule has 0 aliphatic heterocycles. The van der Waals surface area contributed by atoms with Crippen molar-refractivity contribution in [3.05, 3.63) is 48.9 Å². The van der Waals surface area contributed by atoms with E-state index in [1.165, 1.54) is 6.33 Å². The van der Waals surface area contributed by atoms with Crippen LogP contribution in [0.25, 0.3) is 11.0 Å². The Hall–Kier alpha value is -2.69. The Morgan fingerprint density at radius 3 is 2.75 bits per heavy atom. The van der Waals surface area contributed by atoms with E-state index in [1.54, 1.807) is 6.20 Å². The first-order valence-electron chi connectivity index (χ1n) is 6.34. The summed E-state index contributed by atoms with van der Waals surface area (Å²) in [6, 6.07) is 12.0. The Balaban J connectivity index is 1.99. The average molecular weight is 265 g/mol. The van der Waals surface area contributed by atoms with Crippen molar-refractivity contribution < 1.29 is 0 Å². The van der Waals surface area contributed by atoms with E-state index in [-0.39, 0.29) is 0 Å². The van der Waals surface area contributed by atoms with Crippen molar-refractivity contribution in [1.82, 2.24) is 15.0 Å². The lowest BCUT2D eigenvalue weighted by atomic mass is 10.2. The summed E-state index contributed by atoms with van der Waals surface area (Å²) in [4.78, 5) is 14.7. The molecule has 0 saturated heterocycles. The molecule has 2 aromatic heterocycles. The topological polar surface area (TPSA) is 53.9 Å². The third kappa shape index (κ3) is 2.38. The van der Waals surface area contributed by atoms with Crippen molar-refractivity contribution in [2.45, 2.75) is 0 Å². The van der Waals surface area contributed by atoms with Gasteiger partial charge in [-0.25, -0.2) is 15.0 Å². The minimum Gasteiger partial charge on any atom is -0.378 e. The van der Waals surface area contributed by atoms with E-state index in [9.17, 15) is 0 Å². The normalized spacial score (nSPS) is 10.5. The van der Waals surface area contributed by atoms with E-state index < -0.39 is 0 Å². The molecule has 100 valence electrons. The van der Waals surface area contributed by atoms with Crippen molar-refractivity contribution in [3.63, 3.8) is 0 Å². The molecule has 5 heteroatoms. The number of nitrogens with one attached hydrogen (secondary N) is 1. The Morgan fingerprint density at radius 1 is 1.00 bits per heavy atom. The van der Waals surface area contributed by atoms with Crippen LogP contribution in [-0.4, -0.2) is 29.0 Å². The maximum absolute atomic E-state index is 4.30. The van der Waals surface area contributed by atoms with Gasteiger partial charge in [-0.05, 0) is 30.3 Å². The van der Waals surface area contributed by atoms with Crippen LogP contribution in [0.3, 0.4) is 0 Å². The predicted molar refractivity (Wildman–Crippen MR) is 81.4 cm³/mol. The monoisotopic (exact) mass is 265 g/mol. The zero-order chi connectivity index (χ0) is 13.9. The fourth-order valence-electron chi connectivity index (χ4n) is 1.99. The molecule has 20 heavy (non-hydrogen) atoms. The summed E-state index contributed by atoms with van der Waals surface area (Å²) in [5, 5.41) is 4.23.